The zero-order chi connectivity index (χ0) is 23.4. The lowest BCUT2D eigenvalue weighted by Crippen LogP contribution is -2.15. The number of carbonyl (C=O) groups excluding carboxylic acids is 2. The Kier molecular flexibility index (Phi) is 6.14. The molecule has 3 aromatic carbocycles. The van der Waals surface area contributed by atoms with Crippen LogP contribution >= 0.6 is 0 Å². The molecule has 0 aliphatic heterocycles. The van der Waals surface area contributed by atoms with Gasteiger partial charge < -0.3 is 13.9 Å². The van der Waals surface area contributed by atoms with Crippen molar-refractivity contribution in [2.45, 2.75) is 4.90 Å². The van der Waals surface area contributed by atoms with Crippen molar-refractivity contribution < 1.29 is 31.9 Å². The largest absolute Gasteiger partial charge is 0.495 e. The summed E-state index contributed by atoms with van der Waals surface area (Å²) in [6, 6.07) is 20.5. The third kappa shape index (κ3) is 4.88. The molecule has 0 saturated heterocycles. The van der Waals surface area contributed by atoms with Gasteiger partial charge in [0.15, 0.2) is 12.4 Å². The molecular formula is C24H19NO7S. The Hall–Kier alpha value is -4.11. The average Bonchev–Trinajstić information content (AvgIpc) is 3.27. The molecule has 0 fully saturated rings. The predicted octanol–water partition coefficient (Wildman–Crippen LogP) is 4.28. The average molecular weight is 465 g/mol. The molecule has 4 aromatic rings. The van der Waals surface area contributed by atoms with E-state index in [1.807, 2.05) is 6.07 Å². The van der Waals surface area contributed by atoms with Gasteiger partial charge in [0, 0.05) is 5.39 Å². The van der Waals surface area contributed by atoms with Crippen molar-refractivity contribution in [2.75, 3.05) is 18.4 Å². The lowest BCUT2D eigenvalue weighted by molar-refractivity contribution is 0.0468. The van der Waals surface area contributed by atoms with Crippen molar-refractivity contribution in [3.05, 3.63) is 90.2 Å². The summed E-state index contributed by atoms with van der Waals surface area (Å²) < 4.78 is 43.4. The number of fused-ring (bicyclic) bond motifs is 1. The normalized spacial score (nSPS) is 11.2. The van der Waals surface area contributed by atoms with Gasteiger partial charge in [0.1, 0.15) is 11.3 Å². The predicted molar refractivity (Wildman–Crippen MR) is 121 cm³/mol. The summed E-state index contributed by atoms with van der Waals surface area (Å²) >= 11 is 0. The van der Waals surface area contributed by atoms with Gasteiger partial charge in [0.05, 0.1) is 23.3 Å². The van der Waals surface area contributed by atoms with E-state index in [2.05, 4.69) is 4.72 Å². The van der Waals surface area contributed by atoms with Crippen molar-refractivity contribution in [3.8, 4) is 5.75 Å². The first-order chi connectivity index (χ1) is 15.9. The second-order valence-corrected chi connectivity index (χ2v) is 8.66. The second kappa shape index (κ2) is 9.17. The molecule has 8 nitrogen and oxygen atoms in total. The minimum atomic E-state index is -3.91. The minimum Gasteiger partial charge on any atom is -0.495 e. The molecule has 1 aromatic heterocycles. The van der Waals surface area contributed by atoms with Crippen LogP contribution in [0.25, 0.3) is 11.0 Å². The highest BCUT2D eigenvalue weighted by molar-refractivity contribution is 7.92. The summed E-state index contributed by atoms with van der Waals surface area (Å²) in [4.78, 5) is 24.5. The molecule has 9 heteroatoms. The molecule has 0 atom stereocenters. The van der Waals surface area contributed by atoms with Gasteiger partial charge >= 0.3 is 5.97 Å². The molecule has 0 aliphatic rings. The molecule has 168 valence electrons. The quantitative estimate of drug-likeness (QED) is 0.305. The molecule has 1 heterocycles. The number of methoxy groups -OCH3 is 1. The Balaban J connectivity index is 1.40. The molecule has 33 heavy (non-hydrogen) atoms. The summed E-state index contributed by atoms with van der Waals surface area (Å²) in [6.07, 6.45) is 0. The van der Waals surface area contributed by atoms with Crippen molar-refractivity contribution in [1.82, 2.24) is 0 Å². The number of anilines is 1. The Labute approximate surface area is 189 Å². The van der Waals surface area contributed by atoms with Gasteiger partial charge in [-0.1, -0.05) is 30.3 Å². The van der Waals surface area contributed by atoms with Crippen LogP contribution in [0.2, 0.25) is 0 Å². The van der Waals surface area contributed by atoms with Gasteiger partial charge in [0.2, 0.25) is 5.78 Å². The Bertz CT molecular complexity index is 1390. The van der Waals surface area contributed by atoms with Gasteiger partial charge in [-0.25, -0.2) is 13.2 Å². The standard InChI is InChI=1S/C24H19NO7S/c1-30-22-9-5-3-7-19(22)25-33(28,29)18-12-10-16(11-13-18)24(27)31-15-20(26)23-14-17-6-2-4-8-21(17)32-23/h2-14,25H,15H2,1H3. The molecule has 0 amide bonds. The van der Waals surface area contributed by atoms with Crippen LogP contribution in [0.5, 0.6) is 5.75 Å². The van der Waals surface area contributed by atoms with Crippen LogP contribution in [0.1, 0.15) is 20.9 Å². The van der Waals surface area contributed by atoms with Crippen LogP contribution < -0.4 is 9.46 Å². The number of furan rings is 1. The number of carbonyl (C=O) groups is 2. The number of ether oxygens (including phenoxy) is 2. The molecular weight excluding hydrogens is 446 g/mol. The van der Waals surface area contributed by atoms with Crippen molar-refractivity contribution in [2.24, 2.45) is 0 Å². The fourth-order valence-electron chi connectivity index (χ4n) is 3.11. The van der Waals surface area contributed by atoms with E-state index in [9.17, 15) is 18.0 Å². The van der Waals surface area contributed by atoms with E-state index < -0.39 is 28.4 Å². The summed E-state index contributed by atoms with van der Waals surface area (Å²) in [5.41, 5.74) is 0.946. The number of sulfonamides is 1. The van der Waals surface area contributed by atoms with Gasteiger partial charge in [-0.05, 0) is 48.5 Å². The highest BCUT2D eigenvalue weighted by atomic mass is 32.2. The molecule has 1 N–H and O–H groups in total. The van der Waals surface area contributed by atoms with Crippen LogP contribution in [-0.2, 0) is 14.8 Å². The monoisotopic (exact) mass is 465 g/mol. The smallest absolute Gasteiger partial charge is 0.338 e. The first kappa shape index (κ1) is 22.1. The van der Waals surface area contributed by atoms with Crippen LogP contribution in [0.3, 0.4) is 0 Å². The van der Waals surface area contributed by atoms with E-state index in [0.29, 0.717) is 11.3 Å². The zero-order valence-corrected chi connectivity index (χ0v) is 18.3. The number of hydrogen-bond acceptors (Lipinski definition) is 7. The van der Waals surface area contributed by atoms with E-state index in [1.54, 1.807) is 48.5 Å². The molecule has 0 spiro atoms. The number of para-hydroxylation sites is 3. The van der Waals surface area contributed by atoms with E-state index in [0.717, 1.165) is 5.39 Å². The first-order valence-electron chi connectivity index (χ1n) is 9.82. The Morgan fingerprint density at radius 2 is 1.64 bits per heavy atom. The van der Waals surface area contributed by atoms with Gasteiger partial charge in [-0.3, -0.25) is 9.52 Å². The van der Waals surface area contributed by atoms with Crippen molar-refractivity contribution in [1.29, 1.82) is 0 Å². The maximum atomic E-state index is 12.7. The third-order valence-corrected chi connectivity index (χ3v) is 6.17. The summed E-state index contributed by atoms with van der Waals surface area (Å²) in [6.45, 7) is -0.506. The topological polar surface area (TPSA) is 112 Å². The van der Waals surface area contributed by atoms with Gasteiger partial charge in [0.25, 0.3) is 10.0 Å². The number of nitrogens with one attached hydrogen (secondary N) is 1. The first-order valence-corrected chi connectivity index (χ1v) is 11.3. The summed E-state index contributed by atoms with van der Waals surface area (Å²) in [5, 5.41) is 0.769. The maximum Gasteiger partial charge on any atom is 0.338 e. The Morgan fingerprint density at radius 1 is 0.939 bits per heavy atom. The molecule has 0 unspecified atom stereocenters. The number of benzene rings is 3. The van der Waals surface area contributed by atoms with Gasteiger partial charge in [-0.2, -0.15) is 0 Å². The SMILES string of the molecule is COc1ccccc1NS(=O)(=O)c1ccc(C(=O)OCC(=O)c2cc3ccccc3o2)cc1. The third-order valence-electron chi connectivity index (χ3n) is 4.79. The molecule has 0 aliphatic carbocycles. The lowest BCUT2D eigenvalue weighted by Gasteiger charge is -2.12. The van der Waals surface area contributed by atoms with Gasteiger partial charge in [-0.15, -0.1) is 0 Å². The van der Waals surface area contributed by atoms with E-state index in [1.165, 1.54) is 31.4 Å². The molecule has 4 rings (SSSR count). The number of hydrogen-bond donors (Lipinski definition) is 1. The maximum absolute atomic E-state index is 12.7. The minimum absolute atomic E-state index is 0.0525. The highest BCUT2D eigenvalue weighted by Gasteiger charge is 2.19. The zero-order valence-electron chi connectivity index (χ0n) is 17.5. The molecule has 0 saturated carbocycles. The summed E-state index contributed by atoms with van der Waals surface area (Å²) in [5.74, 6) is -0.788. The number of Topliss-reactive ketones (excluding diaryl/α,β-unsaturated/α-hetero) is 1. The number of rotatable bonds is 8. The number of esters is 1. The molecule has 0 radical (unpaired) electrons. The Morgan fingerprint density at radius 3 is 2.36 bits per heavy atom. The lowest BCUT2D eigenvalue weighted by atomic mass is 10.2. The van der Waals surface area contributed by atoms with Crippen LogP contribution in [0.15, 0.2) is 88.2 Å². The number of ketones is 1. The summed E-state index contributed by atoms with van der Waals surface area (Å²) in [7, 11) is -2.47. The van der Waals surface area contributed by atoms with Crippen LogP contribution in [0, 0.1) is 0 Å². The molecule has 0 bridgehead atoms. The van der Waals surface area contributed by atoms with E-state index in [-0.39, 0.29) is 21.9 Å². The van der Waals surface area contributed by atoms with E-state index >= 15 is 0 Å². The van der Waals surface area contributed by atoms with Crippen LogP contribution in [0.4, 0.5) is 5.69 Å². The second-order valence-electron chi connectivity index (χ2n) is 6.98. The highest BCUT2D eigenvalue weighted by Crippen LogP contribution is 2.26. The fourth-order valence-corrected chi connectivity index (χ4v) is 4.18. The van der Waals surface area contributed by atoms with E-state index in [4.69, 9.17) is 13.9 Å². The van der Waals surface area contributed by atoms with Crippen molar-refractivity contribution in [3.63, 3.8) is 0 Å². The van der Waals surface area contributed by atoms with Crippen molar-refractivity contribution >= 4 is 38.4 Å². The fraction of sp³-hybridized carbons (Fsp3) is 0.0833. The van der Waals surface area contributed by atoms with Crippen LogP contribution in [-0.4, -0.2) is 33.9 Å².